The van der Waals surface area contributed by atoms with Gasteiger partial charge in [-0.2, -0.15) is 0 Å². The highest BCUT2D eigenvalue weighted by atomic mass is 16.2. The molecule has 1 unspecified atom stereocenters. The lowest BCUT2D eigenvalue weighted by atomic mass is 9.94. The van der Waals surface area contributed by atoms with Crippen LogP contribution < -0.4 is 10.6 Å². The summed E-state index contributed by atoms with van der Waals surface area (Å²) in [5, 5.41) is 6.53. The number of nitrogens with one attached hydrogen (secondary N) is 2. The minimum absolute atomic E-state index is 0.147. The van der Waals surface area contributed by atoms with Gasteiger partial charge in [0.05, 0.1) is 0 Å². The zero-order valence-electron chi connectivity index (χ0n) is 10.6. The van der Waals surface area contributed by atoms with Crippen LogP contribution in [0.2, 0.25) is 0 Å². The Labute approximate surface area is 108 Å². The Hall–Kier alpha value is -1.35. The number of amides is 1. The molecule has 0 saturated heterocycles. The van der Waals surface area contributed by atoms with E-state index >= 15 is 0 Å². The normalized spacial score (nSPS) is 23.7. The first-order valence-corrected chi connectivity index (χ1v) is 6.96. The molecule has 0 bridgehead atoms. The summed E-state index contributed by atoms with van der Waals surface area (Å²) in [5.74, 6) is 0.147. The number of carbonyl (C=O) groups is 1. The van der Waals surface area contributed by atoms with Gasteiger partial charge in [0.15, 0.2) is 0 Å². The summed E-state index contributed by atoms with van der Waals surface area (Å²) < 4.78 is 0. The maximum Gasteiger partial charge on any atom is 0.241 e. The van der Waals surface area contributed by atoms with Gasteiger partial charge in [0.2, 0.25) is 5.91 Å². The van der Waals surface area contributed by atoms with Crippen LogP contribution >= 0.6 is 0 Å². The van der Waals surface area contributed by atoms with E-state index in [4.69, 9.17) is 0 Å². The third-order valence-electron chi connectivity index (χ3n) is 4.07. The third-order valence-corrected chi connectivity index (χ3v) is 4.07. The fraction of sp³-hybridized carbons (Fsp3) is 0.533. The van der Waals surface area contributed by atoms with Gasteiger partial charge in [-0.15, -0.1) is 0 Å². The molecule has 3 nitrogen and oxygen atoms in total. The lowest BCUT2D eigenvalue weighted by Crippen LogP contribution is -2.44. The SMILES string of the molecule is O=C(NC1CCCC1)C1NCCc2ccccc21. The van der Waals surface area contributed by atoms with Crippen molar-refractivity contribution < 1.29 is 4.79 Å². The van der Waals surface area contributed by atoms with Crippen LogP contribution in [0, 0.1) is 0 Å². The molecule has 1 aliphatic carbocycles. The van der Waals surface area contributed by atoms with Crippen LogP contribution in [0.1, 0.15) is 42.9 Å². The molecule has 1 aliphatic heterocycles. The Morgan fingerprint density at radius 2 is 2.00 bits per heavy atom. The first-order valence-electron chi connectivity index (χ1n) is 6.96. The standard InChI is InChI=1S/C15H20N2O/c18-15(17-12-6-2-3-7-12)14-13-8-4-1-5-11(13)9-10-16-14/h1,4-5,8,12,14,16H,2-3,6-7,9-10H2,(H,17,18). The first kappa shape index (κ1) is 11.7. The van der Waals surface area contributed by atoms with Crippen LogP contribution in [0.25, 0.3) is 0 Å². The van der Waals surface area contributed by atoms with Crippen LogP contribution in [0.15, 0.2) is 24.3 Å². The maximum absolute atomic E-state index is 12.3. The summed E-state index contributed by atoms with van der Waals surface area (Å²) in [7, 11) is 0. The van der Waals surface area contributed by atoms with Crippen LogP contribution in [-0.4, -0.2) is 18.5 Å². The summed E-state index contributed by atoms with van der Waals surface area (Å²) in [6.07, 6.45) is 5.79. The van der Waals surface area contributed by atoms with Crippen LogP contribution in [-0.2, 0) is 11.2 Å². The van der Waals surface area contributed by atoms with Gasteiger partial charge in [-0.25, -0.2) is 0 Å². The zero-order valence-corrected chi connectivity index (χ0v) is 10.6. The second-order valence-electron chi connectivity index (χ2n) is 5.33. The molecule has 3 heteroatoms. The van der Waals surface area contributed by atoms with Crippen molar-refractivity contribution in [1.29, 1.82) is 0 Å². The lowest BCUT2D eigenvalue weighted by Gasteiger charge is -2.27. The van der Waals surface area contributed by atoms with Crippen molar-refractivity contribution in [3.8, 4) is 0 Å². The lowest BCUT2D eigenvalue weighted by molar-refractivity contribution is -0.124. The molecular weight excluding hydrogens is 224 g/mol. The Morgan fingerprint density at radius 3 is 2.83 bits per heavy atom. The number of hydrogen-bond donors (Lipinski definition) is 2. The van der Waals surface area contributed by atoms with E-state index in [1.54, 1.807) is 0 Å². The number of fused-ring (bicyclic) bond motifs is 1. The van der Waals surface area contributed by atoms with Crippen LogP contribution in [0.4, 0.5) is 0 Å². The summed E-state index contributed by atoms with van der Waals surface area (Å²) in [6.45, 7) is 0.889. The van der Waals surface area contributed by atoms with E-state index in [1.807, 2.05) is 6.07 Å². The van der Waals surface area contributed by atoms with E-state index in [-0.39, 0.29) is 11.9 Å². The van der Waals surface area contributed by atoms with E-state index in [2.05, 4.69) is 28.8 Å². The number of carbonyl (C=O) groups excluding carboxylic acids is 1. The Bertz CT molecular complexity index is 438. The number of hydrogen-bond acceptors (Lipinski definition) is 2. The molecule has 1 fully saturated rings. The molecule has 1 saturated carbocycles. The van der Waals surface area contributed by atoms with Crippen molar-refractivity contribution in [2.45, 2.75) is 44.2 Å². The topological polar surface area (TPSA) is 41.1 Å². The van der Waals surface area contributed by atoms with Crippen molar-refractivity contribution in [1.82, 2.24) is 10.6 Å². The van der Waals surface area contributed by atoms with Gasteiger partial charge in [0.1, 0.15) is 6.04 Å². The molecule has 2 aliphatic rings. The van der Waals surface area contributed by atoms with E-state index in [0.717, 1.165) is 31.4 Å². The third kappa shape index (κ3) is 2.27. The molecule has 0 spiro atoms. The molecule has 0 aromatic heterocycles. The summed E-state index contributed by atoms with van der Waals surface area (Å²) in [6, 6.07) is 8.51. The van der Waals surface area contributed by atoms with Crippen molar-refractivity contribution in [2.24, 2.45) is 0 Å². The maximum atomic E-state index is 12.3. The van der Waals surface area contributed by atoms with Gasteiger partial charge in [-0.05, 0) is 30.4 Å². The van der Waals surface area contributed by atoms with Gasteiger partial charge in [-0.1, -0.05) is 37.1 Å². The monoisotopic (exact) mass is 244 g/mol. The molecule has 1 atom stereocenters. The molecule has 1 aromatic carbocycles. The van der Waals surface area contributed by atoms with Gasteiger partial charge in [0, 0.05) is 12.6 Å². The van der Waals surface area contributed by atoms with E-state index in [9.17, 15) is 4.79 Å². The molecule has 1 amide bonds. The molecule has 96 valence electrons. The highest BCUT2D eigenvalue weighted by molar-refractivity contribution is 5.84. The van der Waals surface area contributed by atoms with Gasteiger partial charge in [-0.3, -0.25) is 4.79 Å². The number of rotatable bonds is 2. The Morgan fingerprint density at radius 1 is 1.22 bits per heavy atom. The van der Waals surface area contributed by atoms with Crippen molar-refractivity contribution in [3.05, 3.63) is 35.4 Å². The first-order chi connectivity index (χ1) is 8.84. The van der Waals surface area contributed by atoms with Gasteiger partial charge in [0.25, 0.3) is 0 Å². The highest BCUT2D eigenvalue weighted by Gasteiger charge is 2.27. The summed E-state index contributed by atoms with van der Waals surface area (Å²) in [4.78, 5) is 12.3. The van der Waals surface area contributed by atoms with Crippen LogP contribution in [0.3, 0.4) is 0 Å². The summed E-state index contributed by atoms with van der Waals surface area (Å²) in [5.41, 5.74) is 2.46. The number of benzene rings is 1. The van der Waals surface area contributed by atoms with Crippen LogP contribution in [0.5, 0.6) is 0 Å². The quantitative estimate of drug-likeness (QED) is 0.834. The predicted molar refractivity (Wildman–Crippen MR) is 71.3 cm³/mol. The molecule has 3 rings (SSSR count). The largest absolute Gasteiger partial charge is 0.352 e. The van der Waals surface area contributed by atoms with E-state index < -0.39 is 0 Å². The Kier molecular flexibility index (Phi) is 3.33. The van der Waals surface area contributed by atoms with Crippen molar-refractivity contribution in [3.63, 3.8) is 0 Å². The highest BCUT2D eigenvalue weighted by Crippen LogP contribution is 2.24. The second kappa shape index (κ2) is 5.11. The zero-order chi connectivity index (χ0) is 12.4. The van der Waals surface area contributed by atoms with E-state index in [1.165, 1.54) is 18.4 Å². The fourth-order valence-corrected chi connectivity index (χ4v) is 3.09. The van der Waals surface area contributed by atoms with Crippen molar-refractivity contribution in [2.75, 3.05) is 6.54 Å². The molecule has 1 aromatic rings. The average Bonchev–Trinajstić information content (AvgIpc) is 2.91. The molecule has 1 heterocycles. The van der Waals surface area contributed by atoms with Gasteiger partial charge < -0.3 is 10.6 Å². The van der Waals surface area contributed by atoms with Crippen molar-refractivity contribution >= 4 is 5.91 Å². The predicted octanol–water partition coefficient (Wildman–Crippen LogP) is 1.93. The second-order valence-corrected chi connectivity index (χ2v) is 5.33. The fourth-order valence-electron chi connectivity index (χ4n) is 3.09. The minimum Gasteiger partial charge on any atom is -0.352 e. The molecular formula is C15H20N2O. The average molecular weight is 244 g/mol. The van der Waals surface area contributed by atoms with Gasteiger partial charge >= 0.3 is 0 Å². The molecule has 2 N–H and O–H groups in total. The minimum atomic E-state index is -0.157. The summed E-state index contributed by atoms with van der Waals surface area (Å²) >= 11 is 0. The molecule has 18 heavy (non-hydrogen) atoms. The Balaban J connectivity index is 1.74. The molecule has 0 radical (unpaired) electrons. The van der Waals surface area contributed by atoms with E-state index in [0.29, 0.717) is 6.04 Å². The smallest absolute Gasteiger partial charge is 0.241 e.